The molecule has 0 saturated heterocycles. The number of benzene rings is 1. The molecule has 17 heavy (non-hydrogen) atoms. The Hall–Kier alpha value is -1.08. The summed E-state index contributed by atoms with van der Waals surface area (Å²) in [5.74, 6) is 0. The standard InChI is InChI=1S/C16H25N/c1-5-10-17(11-6-2)13-15-8-7-9-16(12-15)14(3)4/h7-9,12H,3,5-6,10-11,13H2,1-2,4H3. The van der Waals surface area contributed by atoms with Crippen molar-refractivity contribution in [3.05, 3.63) is 42.0 Å². The van der Waals surface area contributed by atoms with E-state index in [-0.39, 0.29) is 0 Å². The molecule has 0 unspecified atom stereocenters. The molecule has 0 aromatic heterocycles. The molecular weight excluding hydrogens is 206 g/mol. The van der Waals surface area contributed by atoms with Crippen LogP contribution in [0.1, 0.15) is 44.7 Å². The summed E-state index contributed by atoms with van der Waals surface area (Å²) in [7, 11) is 0. The van der Waals surface area contributed by atoms with Gasteiger partial charge in [0, 0.05) is 6.54 Å². The fourth-order valence-corrected chi connectivity index (χ4v) is 2.10. The Labute approximate surface area is 106 Å². The van der Waals surface area contributed by atoms with Crippen molar-refractivity contribution in [3.63, 3.8) is 0 Å². The Morgan fingerprint density at radius 3 is 2.35 bits per heavy atom. The maximum Gasteiger partial charge on any atom is 0.0233 e. The molecular formula is C16H25N. The highest BCUT2D eigenvalue weighted by Gasteiger charge is 2.04. The van der Waals surface area contributed by atoms with Crippen LogP contribution < -0.4 is 0 Å². The van der Waals surface area contributed by atoms with E-state index in [1.165, 1.54) is 37.1 Å². The fraction of sp³-hybridized carbons (Fsp3) is 0.500. The third-order valence-corrected chi connectivity index (χ3v) is 2.91. The van der Waals surface area contributed by atoms with E-state index in [9.17, 15) is 0 Å². The van der Waals surface area contributed by atoms with Gasteiger partial charge in [-0.3, -0.25) is 4.90 Å². The Morgan fingerprint density at radius 2 is 1.82 bits per heavy atom. The van der Waals surface area contributed by atoms with Crippen LogP contribution in [0.25, 0.3) is 5.57 Å². The molecule has 94 valence electrons. The first-order valence-electron chi connectivity index (χ1n) is 6.64. The van der Waals surface area contributed by atoms with Crippen LogP contribution in [0.2, 0.25) is 0 Å². The summed E-state index contributed by atoms with van der Waals surface area (Å²) < 4.78 is 0. The van der Waals surface area contributed by atoms with Crippen molar-refractivity contribution in [2.75, 3.05) is 13.1 Å². The van der Waals surface area contributed by atoms with Crippen molar-refractivity contribution >= 4 is 5.57 Å². The molecule has 1 aromatic rings. The zero-order chi connectivity index (χ0) is 12.7. The normalized spacial score (nSPS) is 10.8. The van der Waals surface area contributed by atoms with Crippen LogP contribution in [0, 0.1) is 0 Å². The lowest BCUT2D eigenvalue weighted by Gasteiger charge is -2.21. The molecule has 0 heterocycles. The van der Waals surface area contributed by atoms with Crippen LogP contribution in [-0.4, -0.2) is 18.0 Å². The second-order valence-corrected chi connectivity index (χ2v) is 4.76. The highest BCUT2D eigenvalue weighted by Crippen LogP contribution is 2.15. The van der Waals surface area contributed by atoms with Gasteiger partial charge in [-0.2, -0.15) is 0 Å². The summed E-state index contributed by atoms with van der Waals surface area (Å²) in [5, 5.41) is 0. The van der Waals surface area contributed by atoms with Crippen molar-refractivity contribution in [3.8, 4) is 0 Å². The van der Waals surface area contributed by atoms with Gasteiger partial charge < -0.3 is 0 Å². The Kier molecular flexibility index (Phi) is 5.99. The number of hydrogen-bond donors (Lipinski definition) is 0. The van der Waals surface area contributed by atoms with Gasteiger partial charge in [-0.15, -0.1) is 0 Å². The summed E-state index contributed by atoms with van der Waals surface area (Å²) in [6.45, 7) is 14.0. The van der Waals surface area contributed by atoms with E-state index in [2.05, 4.69) is 56.5 Å². The van der Waals surface area contributed by atoms with E-state index < -0.39 is 0 Å². The molecule has 0 aliphatic rings. The van der Waals surface area contributed by atoms with E-state index in [1.807, 2.05) is 0 Å². The summed E-state index contributed by atoms with van der Waals surface area (Å²) in [6, 6.07) is 8.75. The molecule has 0 spiro atoms. The zero-order valence-corrected chi connectivity index (χ0v) is 11.5. The lowest BCUT2D eigenvalue weighted by molar-refractivity contribution is 0.266. The smallest absolute Gasteiger partial charge is 0.0233 e. The van der Waals surface area contributed by atoms with Gasteiger partial charge in [-0.25, -0.2) is 0 Å². The Balaban J connectivity index is 2.71. The van der Waals surface area contributed by atoms with Crippen LogP contribution in [0.3, 0.4) is 0 Å². The first-order chi connectivity index (χ1) is 8.17. The third-order valence-electron chi connectivity index (χ3n) is 2.91. The van der Waals surface area contributed by atoms with Gasteiger partial charge in [0.1, 0.15) is 0 Å². The monoisotopic (exact) mass is 231 g/mol. The molecule has 0 amide bonds. The highest BCUT2D eigenvalue weighted by molar-refractivity contribution is 5.61. The maximum absolute atomic E-state index is 4.00. The summed E-state index contributed by atoms with van der Waals surface area (Å²) in [4.78, 5) is 2.53. The van der Waals surface area contributed by atoms with Crippen molar-refractivity contribution in [2.24, 2.45) is 0 Å². The molecule has 1 nitrogen and oxygen atoms in total. The summed E-state index contributed by atoms with van der Waals surface area (Å²) >= 11 is 0. The van der Waals surface area contributed by atoms with Crippen molar-refractivity contribution in [1.29, 1.82) is 0 Å². The van der Waals surface area contributed by atoms with E-state index in [1.54, 1.807) is 0 Å². The van der Waals surface area contributed by atoms with Gasteiger partial charge in [0.05, 0.1) is 0 Å². The number of rotatable bonds is 7. The van der Waals surface area contributed by atoms with Crippen LogP contribution in [0.4, 0.5) is 0 Å². The average molecular weight is 231 g/mol. The minimum atomic E-state index is 1.06. The minimum absolute atomic E-state index is 1.06. The number of hydrogen-bond acceptors (Lipinski definition) is 1. The zero-order valence-electron chi connectivity index (χ0n) is 11.5. The predicted octanol–water partition coefficient (Wildman–Crippen LogP) is 4.34. The quantitative estimate of drug-likeness (QED) is 0.674. The van der Waals surface area contributed by atoms with Crippen LogP contribution in [0.15, 0.2) is 30.8 Å². The fourth-order valence-electron chi connectivity index (χ4n) is 2.10. The molecule has 0 fully saturated rings. The van der Waals surface area contributed by atoms with E-state index in [4.69, 9.17) is 0 Å². The Bertz CT molecular complexity index is 348. The number of nitrogens with zero attached hydrogens (tertiary/aromatic N) is 1. The Morgan fingerprint density at radius 1 is 1.18 bits per heavy atom. The van der Waals surface area contributed by atoms with E-state index in [0.29, 0.717) is 0 Å². The predicted molar refractivity (Wildman–Crippen MR) is 77.0 cm³/mol. The topological polar surface area (TPSA) is 3.24 Å². The van der Waals surface area contributed by atoms with Gasteiger partial charge in [0.2, 0.25) is 0 Å². The van der Waals surface area contributed by atoms with Crippen molar-refractivity contribution < 1.29 is 0 Å². The van der Waals surface area contributed by atoms with E-state index in [0.717, 1.165) is 12.1 Å². The van der Waals surface area contributed by atoms with Gasteiger partial charge >= 0.3 is 0 Å². The SMILES string of the molecule is C=C(C)c1cccc(CN(CCC)CCC)c1. The summed E-state index contributed by atoms with van der Waals surface area (Å²) in [6.07, 6.45) is 2.44. The molecule has 1 rings (SSSR count). The number of allylic oxidation sites excluding steroid dienone is 1. The molecule has 0 aliphatic heterocycles. The van der Waals surface area contributed by atoms with Gasteiger partial charge in [-0.1, -0.05) is 50.3 Å². The van der Waals surface area contributed by atoms with Gasteiger partial charge in [-0.05, 0) is 44.0 Å². The first-order valence-corrected chi connectivity index (χ1v) is 6.64. The lowest BCUT2D eigenvalue weighted by Crippen LogP contribution is -2.24. The molecule has 0 atom stereocenters. The van der Waals surface area contributed by atoms with Crippen molar-refractivity contribution in [1.82, 2.24) is 4.90 Å². The molecule has 0 bridgehead atoms. The maximum atomic E-state index is 4.00. The second kappa shape index (κ2) is 7.29. The van der Waals surface area contributed by atoms with Crippen molar-refractivity contribution in [2.45, 2.75) is 40.2 Å². The summed E-state index contributed by atoms with van der Waals surface area (Å²) in [5.41, 5.74) is 3.80. The molecule has 0 radical (unpaired) electrons. The van der Waals surface area contributed by atoms with Gasteiger partial charge in [0.15, 0.2) is 0 Å². The minimum Gasteiger partial charge on any atom is -0.299 e. The van der Waals surface area contributed by atoms with Crippen LogP contribution >= 0.6 is 0 Å². The molecule has 1 aromatic carbocycles. The highest BCUT2D eigenvalue weighted by atomic mass is 15.1. The van der Waals surface area contributed by atoms with E-state index >= 15 is 0 Å². The average Bonchev–Trinajstić information content (AvgIpc) is 2.30. The lowest BCUT2D eigenvalue weighted by atomic mass is 10.1. The largest absolute Gasteiger partial charge is 0.299 e. The molecule has 0 aliphatic carbocycles. The third kappa shape index (κ3) is 4.74. The molecule has 1 heteroatoms. The first kappa shape index (κ1) is 14.0. The van der Waals surface area contributed by atoms with Crippen LogP contribution in [-0.2, 0) is 6.54 Å². The molecule has 0 N–H and O–H groups in total. The molecule has 0 saturated carbocycles. The second-order valence-electron chi connectivity index (χ2n) is 4.76. The van der Waals surface area contributed by atoms with Gasteiger partial charge in [0.25, 0.3) is 0 Å². The van der Waals surface area contributed by atoms with Crippen LogP contribution in [0.5, 0.6) is 0 Å².